The van der Waals surface area contributed by atoms with Crippen molar-refractivity contribution in [2.24, 2.45) is 5.73 Å². The summed E-state index contributed by atoms with van der Waals surface area (Å²) in [6.07, 6.45) is 0. The molecule has 1 heterocycles. The van der Waals surface area contributed by atoms with Crippen LogP contribution in [0, 0.1) is 25.7 Å². The topological polar surface area (TPSA) is 55.1 Å². The highest BCUT2D eigenvalue weighted by Crippen LogP contribution is 2.14. The first kappa shape index (κ1) is 15.3. The second-order valence-corrected chi connectivity index (χ2v) is 5.86. The summed E-state index contributed by atoms with van der Waals surface area (Å²) in [6.45, 7) is 4.85. The minimum atomic E-state index is -0.0511. The van der Waals surface area contributed by atoms with Crippen LogP contribution >= 0.6 is 11.3 Å². The average molecular weight is 298 g/mol. The zero-order valence-corrected chi connectivity index (χ0v) is 13.0. The summed E-state index contributed by atoms with van der Waals surface area (Å²) in [7, 11) is 0. The molecule has 1 amide bonds. The normalized spacial score (nSPS) is 9.86. The lowest BCUT2D eigenvalue weighted by Gasteiger charge is -2.06. The van der Waals surface area contributed by atoms with Gasteiger partial charge in [0.1, 0.15) is 0 Å². The van der Waals surface area contributed by atoms with Gasteiger partial charge in [0.2, 0.25) is 0 Å². The van der Waals surface area contributed by atoms with Gasteiger partial charge in [-0.1, -0.05) is 29.0 Å². The van der Waals surface area contributed by atoms with Gasteiger partial charge in [-0.25, -0.2) is 0 Å². The van der Waals surface area contributed by atoms with Crippen molar-refractivity contribution >= 4 is 17.2 Å². The number of carbonyl (C=O) groups is 1. The van der Waals surface area contributed by atoms with Crippen LogP contribution in [0.1, 0.15) is 31.9 Å². The number of rotatable bonds is 3. The van der Waals surface area contributed by atoms with Crippen LogP contribution in [0.15, 0.2) is 29.6 Å². The van der Waals surface area contributed by atoms with Crippen molar-refractivity contribution in [1.82, 2.24) is 5.32 Å². The summed E-state index contributed by atoms with van der Waals surface area (Å²) in [4.78, 5) is 13.2. The Morgan fingerprint density at radius 3 is 2.62 bits per heavy atom. The molecule has 0 bridgehead atoms. The van der Waals surface area contributed by atoms with Gasteiger partial charge in [-0.15, -0.1) is 11.3 Å². The Kier molecular flexibility index (Phi) is 5.15. The van der Waals surface area contributed by atoms with E-state index in [-0.39, 0.29) is 5.91 Å². The molecule has 3 nitrogen and oxygen atoms in total. The van der Waals surface area contributed by atoms with Crippen molar-refractivity contribution in [3.8, 4) is 11.8 Å². The Hall–Kier alpha value is -2.09. The average Bonchev–Trinajstić information content (AvgIpc) is 2.89. The van der Waals surface area contributed by atoms with Gasteiger partial charge in [0.05, 0.1) is 13.1 Å². The van der Waals surface area contributed by atoms with Gasteiger partial charge < -0.3 is 11.1 Å². The molecule has 108 valence electrons. The van der Waals surface area contributed by atoms with E-state index >= 15 is 0 Å². The van der Waals surface area contributed by atoms with Crippen molar-refractivity contribution in [1.29, 1.82) is 0 Å². The molecule has 21 heavy (non-hydrogen) atoms. The summed E-state index contributed by atoms with van der Waals surface area (Å²) in [6, 6.07) is 7.83. The molecule has 0 aliphatic rings. The van der Waals surface area contributed by atoms with E-state index in [0.717, 1.165) is 21.6 Å². The molecule has 1 aromatic carbocycles. The molecular formula is C17H18N2OS. The highest BCUT2D eigenvalue weighted by molar-refractivity contribution is 7.10. The molecule has 3 N–H and O–H groups in total. The van der Waals surface area contributed by atoms with E-state index in [1.165, 1.54) is 0 Å². The Balaban J connectivity index is 1.99. The molecule has 0 atom stereocenters. The molecule has 0 saturated carbocycles. The van der Waals surface area contributed by atoms with Crippen LogP contribution in [0.25, 0.3) is 0 Å². The zero-order chi connectivity index (χ0) is 15.2. The molecule has 2 aromatic rings. The van der Waals surface area contributed by atoms with Gasteiger partial charge in [0.25, 0.3) is 5.91 Å². The number of benzene rings is 1. The maximum absolute atomic E-state index is 12.2. The second kappa shape index (κ2) is 7.07. The number of nitrogens with two attached hydrogens (primary N) is 1. The Morgan fingerprint density at radius 1 is 1.24 bits per heavy atom. The van der Waals surface area contributed by atoms with E-state index in [2.05, 4.69) is 23.2 Å². The minimum absolute atomic E-state index is 0.0511. The number of aryl methyl sites for hydroxylation is 2. The van der Waals surface area contributed by atoms with Crippen molar-refractivity contribution < 1.29 is 4.79 Å². The van der Waals surface area contributed by atoms with Crippen molar-refractivity contribution in [3.05, 3.63) is 56.8 Å². The quantitative estimate of drug-likeness (QED) is 0.856. The van der Waals surface area contributed by atoms with Crippen molar-refractivity contribution in [2.45, 2.75) is 20.4 Å². The van der Waals surface area contributed by atoms with Gasteiger partial charge in [-0.05, 0) is 32.0 Å². The fourth-order valence-electron chi connectivity index (χ4n) is 2.07. The highest BCUT2D eigenvalue weighted by Gasteiger charge is 2.07. The third-order valence-corrected chi connectivity index (χ3v) is 3.83. The van der Waals surface area contributed by atoms with Crippen LogP contribution in [-0.2, 0) is 6.54 Å². The molecule has 0 saturated heterocycles. The molecule has 1 aromatic heterocycles. The SMILES string of the molecule is Cc1cc(C)cc(C(=O)NCc2cc(C#CCN)cs2)c1. The van der Waals surface area contributed by atoms with Crippen LogP contribution in [0.5, 0.6) is 0 Å². The van der Waals surface area contributed by atoms with Crippen LogP contribution in [0.4, 0.5) is 0 Å². The lowest BCUT2D eigenvalue weighted by Crippen LogP contribution is -2.22. The molecule has 0 aliphatic carbocycles. The number of nitrogens with one attached hydrogen (secondary N) is 1. The summed E-state index contributed by atoms with van der Waals surface area (Å²) in [5, 5.41) is 4.91. The maximum atomic E-state index is 12.2. The zero-order valence-electron chi connectivity index (χ0n) is 12.2. The Labute approximate surface area is 129 Å². The van der Waals surface area contributed by atoms with Crippen molar-refractivity contribution in [3.63, 3.8) is 0 Å². The summed E-state index contributed by atoms with van der Waals surface area (Å²) >= 11 is 1.59. The molecule has 0 spiro atoms. The van der Waals surface area contributed by atoms with Crippen LogP contribution < -0.4 is 11.1 Å². The number of carbonyl (C=O) groups excluding carboxylic acids is 1. The number of thiophene rings is 1. The first-order valence-corrected chi connectivity index (χ1v) is 7.59. The van der Waals surface area contributed by atoms with E-state index in [9.17, 15) is 4.79 Å². The first-order valence-electron chi connectivity index (χ1n) is 6.71. The van der Waals surface area contributed by atoms with E-state index in [4.69, 9.17) is 5.73 Å². The van der Waals surface area contributed by atoms with E-state index in [1.54, 1.807) is 11.3 Å². The van der Waals surface area contributed by atoms with Gasteiger partial charge in [0.15, 0.2) is 0 Å². The fraction of sp³-hybridized carbons (Fsp3) is 0.235. The monoisotopic (exact) mass is 298 g/mol. The second-order valence-electron chi connectivity index (χ2n) is 4.87. The highest BCUT2D eigenvalue weighted by atomic mass is 32.1. The smallest absolute Gasteiger partial charge is 0.251 e. The molecule has 0 aliphatic heterocycles. The predicted octanol–water partition coefficient (Wildman–Crippen LogP) is 2.61. The standard InChI is InChI=1S/C17H18N2OS/c1-12-6-13(2)8-15(7-12)17(20)19-10-16-9-14(11-21-16)4-3-5-18/h6-9,11H,5,10,18H2,1-2H3,(H,19,20). The summed E-state index contributed by atoms with van der Waals surface area (Å²) < 4.78 is 0. The number of hydrogen-bond acceptors (Lipinski definition) is 3. The molecule has 4 heteroatoms. The molecule has 0 fully saturated rings. The van der Waals surface area contributed by atoms with Gasteiger partial charge >= 0.3 is 0 Å². The Bertz CT molecular complexity index is 687. The first-order chi connectivity index (χ1) is 10.1. The lowest BCUT2D eigenvalue weighted by molar-refractivity contribution is 0.0951. The van der Waals surface area contributed by atoms with Gasteiger partial charge in [-0.3, -0.25) is 4.79 Å². The Morgan fingerprint density at radius 2 is 1.95 bits per heavy atom. The molecule has 2 rings (SSSR count). The lowest BCUT2D eigenvalue weighted by atomic mass is 10.1. The van der Waals surface area contributed by atoms with Gasteiger partial charge in [-0.2, -0.15) is 0 Å². The van der Waals surface area contributed by atoms with Crippen LogP contribution in [0.2, 0.25) is 0 Å². The molecule has 0 radical (unpaired) electrons. The molecular weight excluding hydrogens is 280 g/mol. The largest absolute Gasteiger partial charge is 0.347 e. The number of amides is 1. The van der Waals surface area contributed by atoms with Crippen LogP contribution in [0.3, 0.4) is 0 Å². The summed E-state index contributed by atoms with van der Waals surface area (Å²) in [5.41, 5.74) is 9.18. The third-order valence-electron chi connectivity index (χ3n) is 2.90. The minimum Gasteiger partial charge on any atom is -0.347 e. The number of hydrogen-bond donors (Lipinski definition) is 2. The maximum Gasteiger partial charge on any atom is 0.251 e. The third kappa shape index (κ3) is 4.45. The summed E-state index contributed by atoms with van der Waals surface area (Å²) in [5.74, 6) is 5.75. The molecule has 0 unspecified atom stereocenters. The van der Waals surface area contributed by atoms with Gasteiger partial charge in [0, 0.05) is 21.4 Å². The van der Waals surface area contributed by atoms with Crippen LogP contribution in [-0.4, -0.2) is 12.5 Å². The van der Waals surface area contributed by atoms with E-state index in [0.29, 0.717) is 18.7 Å². The van der Waals surface area contributed by atoms with Crippen molar-refractivity contribution in [2.75, 3.05) is 6.54 Å². The van der Waals surface area contributed by atoms with E-state index < -0.39 is 0 Å². The fourth-order valence-corrected chi connectivity index (χ4v) is 2.82. The van der Waals surface area contributed by atoms with E-state index in [1.807, 2.05) is 37.4 Å². The predicted molar refractivity (Wildman–Crippen MR) is 87.3 cm³/mol.